The van der Waals surface area contributed by atoms with Gasteiger partial charge in [-0.2, -0.15) is 0 Å². The van der Waals surface area contributed by atoms with E-state index in [0.717, 1.165) is 29.2 Å². The average Bonchev–Trinajstić information content (AvgIpc) is 3.46. The second-order valence-electron chi connectivity index (χ2n) is 8.51. The van der Waals surface area contributed by atoms with Crippen LogP contribution in [0.15, 0.2) is 29.3 Å². The lowest BCUT2D eigenvalue weighted by Crippen LogP contribution is -2.46. The van der Waals surface area contributed by atoms with E-state index in [1.54, 1.807) is 0 Å². The van der Waals surface area contributed by atoms with Crippen molar-refractivity contribution < 1.29 is 0 Å². The molecular weight excluding hydrogens is 511 g/mol. The van der Waals surface area contributed by atoms with E-state index in [0.29, 0.717) is 12.6 Å². The number of hydrogen-bond donors (Lipinski definition) is 2. The Hall–Kier alpha value is -1.35. The van der Waals surface area contributed by atoms with Gasteiger partial charge in [-0.05, 0) is 50.3 Å². The number of aromatic nitrogens is 3. The van der Waals surface area contributed by atoms with Gasteiger partial charge in [-0.3, -0.25) is 0 Å². The molecule has 1 aromatic heterocycles. The van der Waals surface area contributed by atoms with Crippen LogP contribution in [0.3, 0.4) is 0 Å². The van der Waals surface area contributed by atoms with Crippen molar-refractivity contribution in [3.8, 4) is 0 Å². The summed E-state index contributed by atoms with van der Waals surface area (Å²) in [4.78, 5) is 4.85. The maximum absolute atomic E-state index is 6.23. The van der Waals surface area contributed by atoms with E-state index in [9.17, 15) is 0 Å². The molecule has 0 bridgehead atoms. The van der Waals surface area contributed by atoms with Crippen LogP contribution in [-0.4, -0.2) is 33.3 Å². The number of hydrogen-bond acceptors (Lipinski definition) is 3. The fraction of sp³-hybridized carbons (Fsp3) is 0.591. The van der Waals surface area contributed by atoms with Crippen LogP contribution in [0.1, 0.15) is 62.2 Å². The number of rotatable bonds is 6. The summed E-state index contributed by atoms with van der Waals surface area (Å²) in [6.07, 6.45) is 8.71. The lowest BCUT2D eigenvalue weighted by Gasteiger charge is -2.26. The summed E-state index contributed by atoms with van der Waals surface area (Å²) < 4.78 is 2.00. The third-order valence-electron chi connectivity index (χ3n) is 6.39. The molecule has 0 saturated heterocycles. The Balaban J connectivity index is 0.00000256. The fourth-order valence-electron chi connectivity index (χ4n) is 4.12. The average molecular weight is 543 g/mol. The van der Waals surface area contributed by atoms with E-state index in [2.05, 4.69) is 33.0 Å². The van der Waals surface area contributed by atoms with E-state index in [-0.39, 0.29) is 29.4 Å². The van der Waals surface area contributed by atoms with Crippen molar-refractivity contribution in [3.63, 3.8) is 0 Å². The molecule has 2 saturated carbocycles. The zero-order valence-electron chi connectivity index (χ0n) is 17.8. The number of aliphatic imine (C=N–C) groups is 1. The van der Waals surface area contributed by atoms with Crippen molar-refractivity contribution in [1.82, 2.24) is 25.4 Å². The van der Waals surface area contributed by atoms with Gasteiger partial charge < -0.3 is 15.2 Å². The summed E-state index contributed by atoms with van der Waals surface area (Å²) in [6, 6.07) is 8.77. The van der Waals surface area contributed by atoms with Crippen LogP contribution in [0, 0.1) is 6.92 Å². The minimum Gasteiger partial charge on any atom is -0.355 e. The van der Waals surface area contributed by atoms with Gasteiger partial charge in [0.2, 0.25) is 0 Å². The molecule has 0 aliphatic heterocycles. The van der Waals surface area contributed by atoms with Crippen LogP contribution in [0.25, 0.3) is 0 Å². The fourth-order valence-corrected chi connectivity index (χ4v) is 4.31. The van der Waals surface area contributed by atoms with Crippen LogP contribution in [0.4, 0.5) is 0 Å². The lowest BCUT2D eigenvalue weighted by molar-refractivity contribution is 0.409. The molecule has 8 heteroatoms. The van der Waals surface area contributed by atoms with Gasteiger partial charge in [0.25, 0.3) is 0 Å². The van der Waals surface area contributed by atoms with E-state index < -0.39 is 0 Å². The van der Waals surface area contributed by atoms with Gasteiger partial charge in [0.05, 0.1) is 0 Å². The summed E-state index contributed by atoms with van der Waals surface area (Å²) >= 11 is 6.23. The molecule has 0 radical (unpaired) electrons. The van der Waals surface area contributed by atoms with Gasteiger partial charge in [-0.1, -0.05) is 43.0 Å². The van der Waals surface area contributed by atoms with Crippen molar-refractivity contribution in [3.05, 3.63) is 46.5 Å². The second-order valence-corrected chi connectivity index (χ2v) is 8.95. The molecule has 4 rings (SSSR count). The van der Waals surface area contributed by atoms with Gasteiger partial charge in [0.15, 0.2) is 11.8 Å². The normalized spacial score (nSPS) is 18.6. The van der Waals surface area contributed by atoms with E-state index >= 15 is 0 Å². The van der Waals surface area contributed by atoms with Crippen molar-refractivity contribution in [2.75, 3.05) is 6.54 Å². The van der Waals surface area contributed by atoms with Crippen molar-refractivity contribution in [2.24, 2.45) is 12.0 Å². The summed E-state index contributed by atoms with van der Waals surface area (Å²) in [5, 5.41) is 16.5. The van der Waals surface area contributed by atoms with Gasteiger partial charge in [-0.15, -0.1) is 34.2 Å². The first kappa shape index (κ1) is 23.3. The van der Waals surface area contributed by atoms with Gasteiger partial charge in [0.1, 0.15) is 12.4 Å². The Bertz CT molecular complexity index is 870. The monoisotopic (exact) mass is 542 g/mol. The zero-order valence-corrected chi connectivity index (χ0v) is 20.9. The first-order valence-electron chi connectivity index (χ1n) is 10.7. The molecule has 0 unspecified atom stereocenters. The number of benzene rings is 1. The molecule has 0 amide bonds. The largest absolute Gasteiger partial charge is 0.355 e. The highest BCUT2D eigenvalue weighted by Crippen LogP contribution is 2.48. The van der Waals surface area contributed by atoms with Crippen LogP contribution in [0.5, 0.6) is 0 Å². The molecule has 6 nitrogen and oxygen atoms in total. The molecule has 2 N–H and O–H groups in total. The summed E-state index contributed by atoms with van der Waals surface area (Å²) in [6.45, 7) is 3.34. The molecular formula is C22H32ClIN6. The first-order valence-corrected chi connectivity index (χ1v) is 11.1. The molecule has 2 aromatic rings. The highest BCUT2D eigenvalue weighted by Gasteiger charge is 2.44. The van der Waals surface area contributed by atoms with E-state index in [1.807, 2.05) is 30.7 Å². The number of guanidine groups is 1. The Kier molecular flexibility index (Phi) is 8.01. The van der Waals surface area contributed by atoms with E-state index in [4.69, 9.17) is 16.6 Å². The molecule has 2 fully saturated rings. The Morgan fingerprint density at radius 1 is 1.23 bits per heavy atom. The minimum absolute atomic E-state index is 0. The minimum atomic E-state index is 0. The van der Waals surface area contributed by atoms with Gasteiger partial charge >= 0.3 is 0 Å². The number of halogens is 2. The van der Waals surface area contributed by atoms with Crippen LogP contribution in [0.2, 0.25) is 5.02 Å². The smallest absolute Gasteiger partial charge is 0.191 e. The zero-order chi connectivity index (χ0) is 20.3. The Morgan fingerprint density at radius 2 is 2.00 bits per heavy atom. The topological polar surface area (TPSA) is 67.1 Å². The molecule has 30 heavy (non-hydrogen) atoms. The van der Waals surface area contributed by atoms with Crippen LogP contribution < -0.4 is 10.6 Å². The first-order chi connectivity index (χ1) is 14.1. The Labute approximate surface area is 201 Å². The molecule has 2 aliphatic carbocycles. The highest BCUT2D eigenvalue weighted by molar-refractivity contribution is 14.0. The molecule has 2 aliphatic rings. The quantitative estimate of drug-likeness (QED) is 0.321. The lowest BCUT2D eigenvalue weighted by atomic mass is 9.95. The Morgan fingerprint density at radius 3 is 2.63 bits per heavy atom. The third kappa shape index (κ3) is 5.66. The SMILES string of the molecule is Cc1nnc(CN=C(NCC2(c3cccc(Cl)c3)CC2)NC2CCCCC2)n1C.I. The number of aryl methyl sites for hydroxylation is 1. The van der Waals surface area contributed by atoms with Gasteiger partial charge in [0, 0.05) is 30.1 Å². The molecule has 1 heterocycles. The second kappa shape index (κ2) is 10.3. The maximum Gasteiger partial charge on any atom is 0.191 e. The van der Waals surface area contributed by atoms with E-state index in [1.165, 1.54) is 50.5 Å². The third-order valence-corrected chi connectivity index (χ3v) is 6.63. The summed E-state index contributed by atoms with van der Waals surface area (Å²) in [5.41, 5.74) is 1.49. The molecule has 164 valence electrons. The standard InChI is InChI=1S/C22H31ClN6.HI/c1-16-27-28-20(29(16)2)14-24-21(26-19-9-4-3-5-10-19)25-15-22(11-12-22)17-7-6-8-18(23)13-17;/h6-8,13,19H,3-5,9-12,14-15H2,1-2H3,(H2,24,25,26);1H. The van der Waals surface area contributed by atoms with Crippen molar-refractivity contribution in [2.45, 2.75) is 69.9 Å². The van der Waals surface area contributed by atoms with Gasteiger partial charge in [-0.25, -0.2) is 4.99 Å². The number of nitrogens with one attached hydrogen (secondary N) is 2. The van der Waals surface area contributed by atoms with Crippen molar-refractivity contribution >= 4 is 41.5 Å². The highest BCUT2D eigenvalue weighted by atomic mass is 127. The summed E-state index contributed by atoms with van der Waals surface area (Å²) in [5.74, 6) is 2.66. The van der Waals surface area contributed by atoms with Crippen LogP contribution in [-0.2, 0) is 19.0 Å². The molecule has 1 aromatic carbocycles. The van der Waals surface area contributed by atoms with Crippen molar-refractivity contribution in [1.29, 1.82) is 0 Å². The maximum atomic E-state index is 6.23. The predicted octanol–water partition coefficient (Wildman–Crippen LogP) is 4.49. The predicted molar refractivity (Wildman–Crippen MR) is 133 cm³/mol. The molecule has 0 atom stereocenters. The summed E-state index contributed by atoms with van der Waals surface area (Å²) in [7, 11) is 1.99. The van der Waals surface area contributed by atoms with Crippen LogP contribution >= 0.6 is 35.6 Å². The number of nitrogens with zero attached hydrogens (tertiary/aromatic N) is 4. The molecule has 0 spiro atoms.